The van der Waals surface area contributed by atoms with Gasteiger partial charge in [0.1, 0.15) is 0 Å². The van der Waals surface area contributed by atoms with E-state index in [1.165, 1.54) is 36.3 Å². The molecule has 210 valence electrons. The molecule has 0 fully saturated rings. The van der Waals surface area contributed by atoms with Gasteiger partial charge in [-0.05, 0) is 12.1 Å². The largest absolute Gasteiger partial charge is 0.247 e. The second kappa shape index (κ2) is 10.5. The Hall–Kier alpha value is -5.71. The van der Waals surface area contributed by atoms with Crippen LogP contribution in [-0.2, 0) is 0 Å². The highest BCUT2D eigenvalue weighted by Gasteiger charge is 2.19. The molecule has 3 heterocycles. The highest BCUT2D eigenvalue weighted by atomic mass is 32.1. The van der Waals surface area contributed by atoms with Gasteiger partial charge in [-0.2, -0.15) is 0 Å². The summed E-state index contributed by atoms with van der Waals surface area (Å²) in [5.74, 6) is 0.722. The zero-order valence-corrected chi connectivity index (χ0v) is 25.0. The molecule has 3 aromatic heterocycles. The average Bonchev–Trinajstić information content (AvgIpc) is 3.51. The normalized spacial score (nSPS) is 11.6. The smallest absolute Gasteiger partial charge is 0.160 e. The molecule has 4 heteroatoms. The lowest BCUT2D eigenvalue weighted by Crippen LogP contribution is -1.95. The molecule has 45 heavy (non-hydrogen) atoms. The van der Waals surface area contributed by atoms with Crippen molar-refractivity contribution in [3.05, 3.63) is 152 Å². The van der Waals surface area contributed by atoms with Crippen LogP contribution >= 0.6 is 11.3 Å². The summed E-state index contributed by atoms with van der Waals surface area (Å²) in [6.45, 7) is 0. The average molecular weight is 592 g/mol. The van der Waals surface area contributed by atoms with Crippen LogP contribution in [0.25, 0.3) is 87.0 Å². The monoisotopic (exact) mass is 591 g/mol. The van der Waals surface area contributed by atoms with Crippen LogP contribution in [0.5, 0.6) is 0 Å². The van der Waals surface area contributed by atoms with Crippen molar-refractivity contribution in [1.29, 1.82) is 0 Å². The topological polar surface area (TPSA) is 38.7 Å². The third kappa shape index (κ3) is 4.30. The predicted molar refractivity (Wildman–Crippen MR) is 189 cm³/mol. The Morgan fingerprint density at radius 2 is 1.00 bits per heavy atom. The fourth-order valence-electron chi connectivity index (χ4n) is 6.37. The summed E-state index contributed by atoms with van der Waals surface area (Å²) < 4.78 is 2.49. The van der Waals surface area contributed by atoms with Crippen molar-refractivity contribution in [3.63, 3.8) is 0 Å². The number of fused-ring (bicyclic) bond motifs is 7. The third-order valence-corrected chi connectivity index (χ3v) is 9.75. The van der Waals surface area contributed by atoms with Gasteiger partial charge in [-0.25, -0.2) is 15.0 Å². The molecule has 9 aromatic rings. The number of para-hydroxylation sites is 1. The Labute approximate surface area is 264 Å². The minimum absolute atomic E-state index is 0.722. The molecule has 0 aliphatic heterocycles. The number of hydrogen-bond acceptors (Lipinski definition) is 4. The van der Waals surface area contributed by atoms with Gasteiger partial charge in [-0.1, -0.05) is 140 Å². The van der Waals surface area contributed by atoms with Crippen LogP contribution in [-0.4, -0.2) is 15.0 Å². The van der Waals surface area contributed by atoms with E-state index in [1.807, 2.05) is 35.6 Å². The number of nitrogens with zero attached hydrogens (tertiary/aromatic N) is 3. The predicted octanol–water partition coefficient (Wildman–Crippen LogP) is 11.2. The zero-order chi connectivity index (χ0) is 29.7. The van der Waals surface area contributed by atoms with Crippen molar-refractivity contribution in [2.45, 2.75) is 0 Å². The summed E-state index contributed by atoms with van der Waals surface area (Å²) in [6.07, 6.45) is 0. The van der Waals surface area contributed by atoms with Gasteiger partial charge in [0, 0.05) is 58.6 Å². The summed E-state index contributed by atoms with van der Waals surface area (Å²) >= 11 is 1.85. The molecule has 9 rings (SSSR count). The van der Waals surface area contributed by atoms with Gasteiger partial charge >= 0.3 is 0 Å². The number of rotatable bonds is 4. The molecule has 0 spiro atoms. The quantitative estimate of drug-likeness (QED) is 0.191. The second-order valence-electron chi connectivity index (χ2n) is 11.2. The lowest BCUT2D eigenvalue weighted by Gasteiger charge is -2.11. The maximum Gasteiger partial charge on any atom is 0.160 e. The minimum Gasteiger partial charge on any atom is -0.247 e. The Morgan fingerprint density at radius 3 is 1.78 bits per heavy atom. The highest BCUT2D eigenvalue weighted by Crippen LogP contribution is 2.46. The van der Waals surface area contributed by atoms with E-state index in [-0.39, 0.29) is 0 Å². The Morgan fingerprint density at radius 1 is 0.400 bits per heavy atom. The first-order valence-corrected chi connectivity index (χ1v) is 15.9. The summed E-state index contributed by atoms with van der Waals surface area (Å²) in [5, 5.41) is 6.07. The molecule has 0 saturated heterocycles. The van der Waals surface area contributed by atoms with E-state index in [9.17, 15) is 0 Å². The molecule has 0 amide bonds. The van der Waals surface area contributed by atoms with E-state index >= 15 is 0 Å². The number of pyridine rings is 1. The Kier molecular flexibility index (Phi) is 6.00. The molecule has 0 saturated carbocycles. The lowest BCUT2D eigenvalue weighted by atomic mass is 9.97. The van der Waals surface area contributed by atoms with E-state index in [1.54, 1.807) is 0 Å². The molecule has 6 aromatic carbocycles. The molecule has 0 N–H and O–H groups in total. The van der Waals surface area contributed by atoms with Crippen LogP contribution in [0.4, 0.5) is 0 Å². The van der Waals surface area contributed by atoms with Gasteiger partial charge in [0.25, 0.3) is 0 Å². The molecular formula is C41H25N3S. The van der Waals surface area contributed by atoms with Crippen molar-refractivity contribution in [1.82, 2.24) is 15.0 Å². The van der Waals surface area contributed by atoms with Crippen LogP contribution in [0.2, 0.25) is 0 Å². The second-order valence-corrected chi connectivity index (χ2v) is 12.2. The molecule has 0 aliphatic rings. The SMILES string of the molecule is c1ccc(-c2cc(-c3cccc4c3sc3c4ccc4c(-c5ccccc5)nc5ccccc5c43)nc(-c3ccccc3)n2)cc1. The van der Waals surface area contributed by atoms with Crippen molar-refractivity contribution in [2.75, 3.05) is 0 Å². The van der Waals surface area contributed by atoms with Crippen LogP contribution in [0.1, 0.15) is 0 Å². The Balaban J connectivity index is 1.35. The van der Waals surface area contributed by atoms with Crippen LogP contribution in [0.3, 0.4) is 0 Å². The van der Waals surface area contributed by atoms with Gasteiger partial charge < -0.3 is 0 Å². The lowest BCUT2D eigenvalue weighted by molar-refractivity contribution is 1.19. The van der Waals surface area contributed by atoms with Gasteiger partial charge in [0.15, 0.2) is 5.82 Å². The van der Waals surface area contributed by atoms with Crippen LogP contribution in [0.15, 0.2) is 152 Å². The molecule has 0 atom stereocenters. The highest BCUT2D eigenvalue weighted by molar-refractivity contribution is 7.27. The molecule has 0 radical (unpaired) electrons. The van der Waals surface area contributed by atoms with E-state index in [0.29, 0.717) is 0 Å². The van der Waals surface area contributed by atoms with Crippen LogP contribution < -0.4 is 0 Å². The standard InChI is InChI=1S/C41H25N3S/c1-4-13-26(14-5-1)35-25-36(44-41(43-35)28-17-8-3-9-18-28)32-21-12-20-29-30-23-24-33-37(40(30)45-39(29)32)31-19-10-11-22-34(31)42-38(33)27-15-6-2-7-16-27/h1-25H. The van der Waals surface area contributed by atoms with Crippen molar-refractivity contribution in [2.24, 2.45) is 0 Å². The van der Waals surface area contributed by atoms with Crippen LogP contribution in [0, 0.1) is 0 Å². The number of benzene rings is 6. The first kappa shape index (κ1) is 25.8. The minimum atomic E-state index is 0.722. The summed E-state index contributed by atoms with van der Waals surface area (Å²) in [5.41, 5.74) is 8.15. The molecule has 3 nitrogen and oxygen atoms in total. The maximum atomic E-state index is 5.17. The van der Waals surface area contributed by atoms with Gasteiger partial charge in [0.05, 0.1) is 22.6 Å². The van der Waals surface area contributed by atoms with Gasteiger partial charge in [0.2, 0.25) is 0 Å². The first-order chi connectivity index (χ1) is 22.3. The van der Waals surface area contributed by atoms with E-state index < -0.39 is 0 Å². The molecular weight excluding hydrogens is 567 g/mol. The zero-order valence-electron chi connectivity index (χ0n) is 24.2. The molecule has 0 aliphatic carbocycles. The van der Waals surface area contributed by atoms with Crippen molar-refractivity contribution < 1.29 is 0 Å². The first-order valence-electron chi connectivity index (χ1n) is 15.0. The maximum absolute atomic E-state index is 5.17. The number of hydrogen-bond donors (Lipinski definition) is 0. The fourth-order valence-corrected chi connectivity index (χ4v) is 7.75. The van der Waals surface area contributed by atoms with Gasteiger partial charge in [-0.15, -0.1) is 11.3 Å². The van der Waals surface area contributed by atoms with E-state index in [2.05, 4.69) is 127 Å². The Bertz CT molecular complexity index is 2460. The number of thiophene rings is 1. The fraction of sp³-hybridized carbons (Fsp3) is 0. The van der Waals surface area contributed by atoms with E-state index in [0.717, 1.165) is 50.7 Å². The molecule has 0 unspecified atom stereocenters. The molecule has 0 bridgehead atoms. The van der Waals surface area contributed by atoms with Crippen molar-refractivity contribution in [3.8, 4) is 45.2 Å². The number of aromatic nitrogens is 3. The van der Waals surface area contributed by atoms with Gasteiger partial charge in [-0.3, -0.25) is 0 Å². The van der Waals surface area contributed by atoms with E-state index in [4.69, 9.17) is 15.0 Å². The summed E-state index contributed by atoms with van der Waals surface area (Å²) in [4.78, 5) is 15.4. The summed E-state index contributed by atoms with van der Waals surface area (Å²) in [7, 11) is 0. The summed E-state index contributed by atoms with van der Waals surface area (Å²) in [6, 6.07) is 52.9. The third-order valence-electron chi connectivity index (χ3n) is 8.48. The van der Waals surface area contributed by atoms with Crippen molar-refractivity contribution >= 4 is 53.2 Å².